The SMILES string of the molecule is NCC1(C(=O)N(CC(N)=O)C2CCCC2)CCCCC1. The highest BCUT2D eigenvalue weighted by Crippen LogP contribution is 2.38. The van der Waals surface area contributed by atoms with Crippen LogP contribution in [-0.4, -0.2) is 35.8 Å². The molecule has 0 aliphatic heterocycles. The molecule has 0 aromatic carbocycles. The summed E-state index contributed by atoms with van der Waals surface area (Å²) in [6, 6.07) is 0.181. The van der Waals surface area contributed by atoms with Crippen LogP contribution in [0.3, 0.4) is 0 Å². The molecule has 0 bridgehead atoms. The first-order chi connectivity index (χ1) is 9.59. The van der Waals surface area contributed by atoms with Crippen molar-refractivity contribution in [3.05, 3.63) is 0 Å². The van der Waals surface area contributed by atoms with Crippen molar-refractivity contribution in [2.45, 2.75) is 63.8 Å². The number of primary amides is 1. The van der Waals surface area contributed by atoms with Crippen LogP contribution in [0.1, 0.15) is 57.8 Å². The lowest BCUT2D eigenvalue weighted by molar-refractivity contribution is -0.148. The fourth-order valence-electron chi connectivity index (χ4n) is 3.79. The molecular weight excluding hydrogens is 254 g/mol. The van der Waals surface area contributed by atoms with Crippen molar-refractivity contribution < 1.29 is 9.59 Å². The predicted molar refractivity (Wildman–Crippen MR) is 77.7 cm³/mol. The normalized spacial score (nSPS) is 22.6. The Morgan fingerprint density at radius 2 is 1.65 bits per heavy atom. The van der Waals surface area contributed by atoms with E-state index in [2.05, 4.69) is 0 Å². The lowest BCUT2D eigenvalue weighted by Gasteiger charge is -2.41. The largest absolute Gasteiger partial charge is 0.368 e. The molecule has 5 heteroatoms. The third-order valence-corrected chi connectivity index (χ3v) is 5.01. The van der Waals surface area contributed by atoms with Gasteiger partial charge in [0.25, 0.3) is 0 Å². The molecule has 20 heavy (non-hydrogen) atoms. The first-order valence-corrected chi connectivity index (χ1v) is 7.88. The summed E-state index contributed by atoms with van der Waals surface area (Å²) in [7, 11) is 0. The molecule has 2 saturated carbocycles. The molecule has 5 nitrogen and oxygen atoms in total. The predicted octanol–water partition coefficient (Wildman–Crippen LogP) is 1.15. The van der Waals surface area contributed by atoms with Crippen molar-refractivity contribution in [3.63, 3.8) is 0 Å². The standard InChI is InChI=1S/C15H27N3O2/c16-11-15(8-4-1-5-9-15)14(20)18(10-13(17)19)12-6-2-3-7-12/h12H,1-11,16H2,(H2,17,19). The Morgan fingerprint density at radius 1 is 1.05 bits per heavy atom. The van der Waals surface area contributed by atoms with Crippen LogP contribution in [0.15, 0.2) is 0 Å². The van der Waals surface area contributed by atoms with E-state index in [4.69, 9.17) is 11.5 Å². The van der Waals surface area contributed by atoms with E-state index in [1.807, 2.05) is 0 Å². The first kappa shape index (κ1) is 15.3. The van der Waals surface area contributed by atoms with Crippen LogP contribution < -0.4 is 11.5 Å². The van der Waals surface area contributed by atoms with Crippen LogP contribution >= 0.6 is 0 Å². The summed E-state index contributed by atoms with van der Waals surface area (Å²) in [6.45, 7) is 0.430. The minimum Gasteiger partial charge on any atom is -0.368 e. The minimum absolute atomic E-state index is 0.0469. The fraction of sp³-hybridized carbons (Fsp3) is 0.867. The molecule has 2 amide bonds. The van der Waals surface area contributed by atoms with Gasteiger partial charge in [0, 0.05) is 12.6 Å². The Balaban J connectivity index is 2.17. The summed E-state index contributed by atoms with van der Waals surface area (Å²) >= 11 is 0. The van der Waals surface area contributed by atoms with Gasteiger partial charge >= 0.3 is 0 Å². The van der Waals surface area contributed by atoms with Crippen molar-refractivity contribution in [1.29, 1.82) is 0 Å². The van der Waals surface area contributed by atoms with Gasteiger partial charge in [-0.05, 0) is 25.7 Å². The van der Waals surface area contributed by atoms with Crippen LogP contribution in [0, 0.1) is 5.41 Å². The Morgan fingerprint density at radius 3 is 2.15 bits per heavy atom. The van der Waals surface area contributed by atoms with E-state index in [9.17, 15) is 9.59 Å². The Hall–Kier alpha value is -1.10. The lowest BCUT2D eigenvalue weighted by Crippen LogP contribution is -2.54. The van der Waals surface area contributed by atoms with Crippen LogP contribution in [0.5, 0.6) is 0 Å². The molecule has 0 atom stereocenters. The zero-order valence-corrected chi connectivity index (χ0v) is 12.3. The molecule has 114 valence electrons. The molecule has 2 rings (SSSR count). The topological polar surface area (TPSA) is 89.4 Å². The average Bonchev–Trinajstić information content (AvgIpc) is 2.98. The maximum absolute atomic E-state index is 13.0. The zero-order valence-electron chi connectivity index (χ0n) is 12.3. The molecule has 2 aliphatic carbocycles. The third-order valence-electron chi connectivity index (χ3n) is 5.01. The number of rotatable bonds is 5. The number of nitrogens with two attached hydrogens (primary N) is 2. The highest BCUT2D eigenvalue weighted by Gasteiger charge is 2.43. The summed E-state index contributed by atoms with van der Waals surface area (Å²) in [6.07, 6.45) is 9.21. The van der Waals surface area contributed by atoms with Gasteiger partial charge in [-0.25, -0.2) is 0 Å². The van der Waals surface area contributed by atoms with Crippen molar-refractivity contribution in [3.8, 4) is 0 Å². The highest BCUT2D eigenvalue weighted by atomic mass is 16.2. The zero-order chi connectivity index (χ0) is 14.6. The summed E-state index contributed by atoms with van der Waals surface area (Å²) in [5, 5.41) is 0. The number of hydrogen-bond donors (Lipinski definition) is 2. The van der Waals surface area contributed by atoms with E-state index < -0.39 is 11.3 Å². The van der Waals surface area contributed by atoms with E-state index in [-0.39, 0.29) is 18.5 Å². The van der Waals surface area contributed by atoms with Gasteiger partial charge in [0.2, 0.25) is 11.8 Å². The number of nitrogens with zero attached hydrogens (tertiary/aromatic N) is 1. The summed E-state index contributed by atoms with van der Waals surface area (Å²) in [5.41, 5.74) is 10.8. The van der Waals surface area contributed by atoms with Crippen molar-refractivity contribution >= 4 is 11.8 Å². The molecule has 0 saturated heterocycles. The summed E-state index contributed by atoms with van der Waals surface area (Å²) in [4.78, 5) is 26.1. The van der Waals surface area contributed by atoms with Gasteiger partial charge in [0.05, 0.1) is 12.0 Å². The van der Waals surface area contributed by atoms with Gasteiger partial charge in [-0.2, -0.15) is 0 Å². The maximum atomic E-state index is 13.0. The Labute approximate surface area is 121 Å². The Bertz CT molecular complexity index is 358. The second kappa shape index (κ2) is 6.57. The van der Waals surface area contributed by atoms with Gasteiger partial charge in [-0.1, -0.05) is 32.1 Å². The molecule has 0 unspecified atom stereocenters. The molecule has 0 heterocycles. The van der Waals surface area contributed by atoms with E-state index in [1.165, 1.54) is 6.42 Å². The third kappa shape index (κ3) is 3.14. The van der Waals surface area contributed by atoms with E-state index in [1.54, 1.807) is 4.90 Å². The maximum Gasteiger partial charge on any atom is 0.237 e. The number of carbonyl (C=O) groups excluding carboxylic acids is 2. The van der Waals surface area contributed by atoms with Gasteiger partial charge in [0.1, 0.15) is 0 Å². The fourth-order valence-corrected chi connectivity index (χ4v) is 3.79. The van der Waals surface area contributed by atoms with Crippen LogP contribution in [0.4, 0.5) is 0 Å². The lowest BCUT2D eigenvalue weighted by atomic mass is 9.72. The van der Waals surface area contributed by atoms with Crippen molar-refractivity contribution in [2.24, 2.45) is 16.9 Å². The van der Waals surface area contributed by atoms with Crippen LogP contribution in [-0.2, 0) is 9.59 Å². The average molecular weight is 281 g/mol. The molecule has 0 aromatic heterocycles. The van der Waals surface area contributed by atoms with E-state index >= 15 is 0 Å². The van der Waals surface area contributed by atoms with Gasteiger partial charge in [0.15, 0.2) is 0 Å². The van der Waals surface area contributed by atoms with Crippen molar-refractivity contribution in [2.75, 3.05) is 13.1 Å². The highest BCUT2D eigenvalue weighted by molar-refractivity contribution is 5.88. The molecule has 4 N–H and O–H groups in total. The van der Waals surface area contributed by atoms with Crippen LogP contribution in [0.25, 0.3) is 0 Å². The monoisotopic (exact) mass is 281 g/mol. The smallest absolute Gasteiger partial charge is 0.237 e. The van der Waals surface area contributed by atoms with Gasteiger partial charge in [-0.15, -0.1) is 0 Å². The molecule has 2 aliphatic rings. The summed E-state index contributed by atoms with van der Waals surface area (Å²) in [5.74, 6) is -0.348. The van der Waals surface area contributed by atoms with Crippen LogP contribution in [0.2, 0.25) is 0 Å². The molecule has 2 fully saturated rings. The quantitative estimate of drug-likeness (QED) is 0.792. The van der Waals surface area contributed by atoms with E-state index in [0.717, 1.165) is 51.4 Å². The molecular formula is C15H27N3O2. The molecule has 0 radical (unpaired) electrons. The number of carbonyl (C=O) groups is 2. The number of hydrogen-bond acceptors (Lipinski definition) is 3. The summed E-state index contributed by atoms with van der Waals surface area (Å²) < 4.78 is 0. The molecule has 0 aromatic rings. The van der Waals surface area contributed by atoms with Gasteiger partial charge < -0.3 is 16.4 Å². The number of amides is 2. The second-order valence-corrected chi connectivity index (χ2v) is 6.38. The van der Waals surface area contributed by atoms with Crippen molar-refractivity contribution in [1.82, 2.24) is 4.90 Å². The van der Waals surface area contributed by atoms with Gasteiger partial charge in [-0.3, -0.25) is 9.59 Å². The minimum atomic E-state index is -0.448. The first-order valence-electron chi connectivity index (χ1n) is 7.88. The Kier molecular flexibility index (Phi) is 5.02. The molecule has 0 spiro atoms. The second-order valence-electron chi connectivity index (χ2n) is 6.38. The van der Waals surface area contributed by atoms with E-state index in [0.29, 0.717) is 6.54 Å².